The fraction of sp³-hybridized carbons (Fsp3) is 0.0909. The zero-order chi connectivity index (χ0) is 17.2. The molecule has 1 heterocycles. The van der Waals surface area contributed by atoms with Crippen molar-refractivity contribution in [2.24, 2.45) is 0 Å². The molecule has 0 aliphatic carbocycles. The van der Waals surface area contributed by atoms with Crippen molar-refractivity contribution in [1.82, 2.24) is 9.55 Å². The highest BCUT2D eigenvalue weighted by atomic mass is 16.1. The van der Waals surface area contributed by atoms with Gasteiger partial charge in [0.15, 0.2) is 0 Å². The van der Waals surface area contributed by atoms with Gasteiger partial charge in [-0.3, -0.25) is 9.36 Å². The van der Waals surface area contributed by atoms with E-state index < -0.39 is 0 Å². The smallest absolute Gasteiger partial charge is 0.261 e. The van der Waals surface area contributed by atoms with E-state index in [9.17, 15) is 4.79 Å². The van der Waals surface area contributed by atoms with E-state index in [2.05, 4.69) is 0 Å². The SMILES string of the molecule is Cc1cccc2c(=O)n(Cc3ccccc3)c(-c3ccccc3)nc12. The molecule has 0 spiro atoms. The van der Waals surface area contributed by atoms with Gasteiger partial charge in [0, 0.05) is 5.56 Å². The molecule has 0 saturated heterocycles. The highest BCUT2D eigenvalue weighted by molar-refractivity contribution is 5.82. The molecule has 0 radical (unpaired) electrons. The number of para-hydroxylation sites is 1. The van der Waals surface area contributed by atoms with Crippen LogP contribution in [-0.2, 0) is 6.54 Å². The Bertz CT molecular complexity index is 1080. The predicted molar refractivity (Wildman–Crippen MR) is 102 cm³/mol. The van der Waals surface area contributed by atoms with Crippen LogP contribution in [0.3, 0.4) is 0 Å². The molecule has 0 bridgehead atoms. The summed E-state index contributed by atoms with van der Waals surface area (Å²) < 4.78 is 1.77. The zero-order valence-electron chi connectivity index (χ0n) is 14.0. The average molecular weight is 326 g/mol. The number of nitrogens with zero attached hydrogens (tertiary/aromatic N) is 2. The first-order chi connectivity index (χ1) is 12.2. The zero-order valence-corrected chi connectivity index (χ0v) is 14.0. The molecule has 3 nitrogen and oxygen atoms in total. The van der Waals surface area contributed by atoms with Gasteiger partial charge in [-0.1, -0.05) is 72.8 Å². The van der Waals surface area contributed by atoms with Crippen molar-refractivity contribution in [3.63, 3.8) is 0 Å². The Kier molecular flexibility index (Phi) is 3.90. The molecule has 1 aromatic heterocycles. The van der Waals surface area contributed by atoms with Crippen molar-refractivity contribution in [3.8, 4) is 11.4 Å². The Labute approximate surface area is 146 Å². The Balaban J connectivity index is 2.01. The van der Waals surface area contributed by atoms with Gasteiger partial charge in [0.25, 0.3) is 5.56 Å². The molecule has 4 aromatic rings. The molecule has 3 heteroatoms. The first kappa shape index (κ1) is 15.3. The largest absolute Gasteiger partial charge is 0.288 e. The molecule has 3 aromatic carbocycles. The third-order valence-electron chi connectivity index (χ3n) is 4.40. The van der Waals surface area contributed by atoms with Gasteiger partial charge in [-0.2, -0.15) is 0 Å². The number of benzene rings is 3. The maximum atomic E-state index is 13.2. The lowest BCUT2D eigenvalue weighted by atomic mass is 10.1. The van der Waals surface area contributed by atoms with Crippen molar-refractivity contribution in [3.05, 3.63) is 100 Å². The van der Waals surface area contributed by atoms with Gasteiger partial charge in [0.05, 0.1) is 17.4 Å². The van der Waals surface area contributed by atoms with Gasteiger partial charge >= 0.3 is 0 Å². The fourth-order valence-corrected chi connectivity index (χ4v) is 3.11. The highest BCUT2D eigenvalue weighted by Gasteiger charge is 2.14. The number of hydrogen-bond acceptors (Lipinski definition) is 2. The maximum absolute atomic E-state index is 13.2. The molecule has 0 atom stereocenters. The highest BCUT2D eigenvalue weighted by Crippen LogP contribution is 2.21. The van der Waals surface area contributed by atoms with Crippen LogP contribution in [0.25, 0.3) is 22.3 Å². The second-order valence-corrected chi connectivity index (χ2v) is 6.15. The van der Waals surface area contributed by atoms with Crippen LogP contribution in [0.2, 0.25) is 0 Å². The summed E-state index contributed by atoms with van der Waals surface area (Å²) in [4.78, 5) is 18.1. The molecule has 25 heavy (non-hydrogen) atoms. The van der Waals surface area contributed by atoms with E-state index in [1.165, 1.54) is 0 Å². The average Bonchev–Trinajstić information content (AvgIpc) is 2.66. The molecule has 0 unspecified atom stereocenters. The Morgan fingerprint density at radius 3 is 2.24 bits per heavy atom. The molecular formula is C22H18N2O. The molecule has 0 amide bonds. The van der Waals surface area contributed by atoms with E-state index in [1.54, 1.807) is 4.57 Å². The van der Waals surface area contributed by atoms with E-state index in [0.717, 1.165) is 22.2 Å². The Hall–Kier alpha value is -3.20. The van der Waals surface area contributed by atoms with Gasteiger partial charge < -0.3 is 0 Å². The fourth-order valence-electron chi connectivity index (χ4n) is 3.11. The predicted octanol–water partition coefficient (Wildman–Crippen LogP) is 4.42. The maximum Gasteiger partial charge on any atom is 0.261 e. The summed E-state index contributed by atoms with van der Waals surface area (Å²) in [5.41, 5.74) is 3.81. The number of rotatable bonds is 3. The summed E-state index contributed by atoms with van der Waals surface area (Å²) >= 11 is 0. The normalized spacial score (nSPS) is 10.9. The lowest BCUT2D eigenvalue weighted by molar-refractivity contribution is 0.759. The van der Waals surface area contributed by atoms with Crippen LogP contribution < -0.4 is 5.56 Å². The molecule has 0 aliphatic rings. The summed E-state index contributed by atoms with van der Waals surface area (Å²) in [5, 5.41) is 0.663. The molecule has 0 N–H and O–H groups in total. The van der Waals surface area contributed by atoms with Gasteiger partial charge in [0.2, 0.25) is 0 Å². The number of aryl methyl sites for hydroxylation is 1. The molecular weight excluding hydrogens is 308 g/mol. The lowest BCUT2D eigenvalue weighted by Gasteiger charge is -2.14. The van der Waals surface area contributed by atoms with E-state index in [-0.39, 0.29) is 5.56 Å². The van der Waals surface area contributed by atoms with Crippen LogP contribution in [-0.4, -0.2) is 9.55 Å². The van der Waals surface area contributed by atoms with Crippen molar-refractivity contribution in [2.45, 2.75) is 13.5 Å². The number of hydrogen-bond donors (Lipinski definition) is 0. The summed E-state index contributed by atoms with van der Waals surface area (Å²) in [6.07, 6.45) is 0. The van der Waals surface area contributed by atoms with E-state index >= 15 is 0 Å². The minimum absolute atomic E-state index is 0.00333. The van der Waals surface area contributed by atoms with E-state index in [4.69, 9.17) is 4.98 Å². The van der Waals surface area contributed by atoms with Crippen molar-refractivity contribution >= 4 is 10.9 Å². The standard InChI is InChI=1S/C22H18N2O/c1-16-9-8-14-19-20(16)23-21(18-12-6-3-7-13-18)24(22(19)25)15-17-10-4-2-5-11-17/h2-14H,15H2,1H3. The second-order valence-electron chi connectivity index (χ2n) is 6.15. The quantitative estimate of drug-likeness (QED) is 0.558. The van der Waals surface area contributed by atoms with Crippen molar-refractivity contribution in [2.75, 3.05) is 0 Å². The molecule has 0 saturated carbocycles. The van der Waals surface area contributed by atoms with Gasteiger partial charge in [0.1, 0.15) is 5.82 Å². The van der Waals surface area contributed by atoms with Gasteiger partial charge in [-0.25, -0.2) is 4.98 Å². The topological polar surface area (TPSA) is 34.9 Å². The number of fused-ring (bicyclic) bond motifs is 1. The monoisotopic (exact) mass is 326 g/mol. The van der Waals surface area contributed by atoms with Crippen molar-refractivity contribution < 1.29 is 0 Å². The van der Waals surface area contributed by atoms with E-state index in [1.807, 2.05) is 85.8 Å². The lowest BCUT2D eigenvalue weighted by Crippen LogP contribution is -2.24. The van der Waals surface area contributed by atoms with Crippen LogP contribution in [0, 0.1) is 6.92 Å². The third-order valence-corrected chi connectivity index (χ3v) is 4.40. The first-order valence-electron chi connectivity index (χ1n) is 8.33. The molecule has 0 aliphatic heterocycles. The minimum atomic E-state index is -0.00333. The molecule has 0 fully saturated rings. The van der Waals surface area contributed by atoms with Crippen molar-refractivity contribution in [1.29, 1.82) is 0 Å². The van der Waals surface area contributed by atoms with Crippen LogP contribution >= 0.6 is 0 Å². The summed E-state index contributed by atoms with van der Waals surface area (Å²) in [5.74, 6) is 0.705. The summed E-state index contributed by atoms with van der Waals surface area (Å²) in [6.45, 7) is 2.49. The van der Waals surface area contributed by atoms with Crippen LogP contribution in [0.15, 0.2) is 83.7 Å². The summed E-state index contributed by atoms with van der Waals surface area (Å²) in [6, 6.07) is 25.7. The minimum Gasteiger partial charge on any atom is -0.288 e. The molecule has 4 rings (SSSR count). The second kappa shape index (κ2) is 6.36. The third kappa shape index (κ3) is 2.85. The van der Waals surface area contributed by atoms with Crippen LogP contribution in [0.4, 0.5) is 0 Å². The first-order valence-corrected chi connectivity index (χ1v) is 8.33. The van der Waals surface area contributed by atoms with Crippen LogP contribution in [0.5, 0.6) is 0 Å². The summed E-state index contributed by atoms with van der Waals surface area (Å²) in [7, 11) is 0. The number of aromatic nitrogens is 2. The van der Waals surface area contributed by atoms with E-state index in [0.29, 0.717) is 17.8 Å². The van der Waals surface area contributed by atoms with Gasteiger partial charge in [-0.05, 0) is 24.1 Å². The van der Waals surface area contributed by atoms with Gasteiger partial charge in [-0.15, -0.1) is 0 Å². The molecule has 122 valence electrons. The Morgan fingerprint density at radius 1 is 0.840 bits per heavy atom. The Morgan fingerprint density at radius 2 is 1.52 bits per heavy atom. The van der Waals surface area contributed by atoms with Crippen LogP contribution in [0.1, 0.15) is 11.1 Å².